The SMILES string of the molecule is S=C1Cc2cc3ccccc3cc2C=C1c1ccccc1. The van der Waals surface area contributed by atoms with E-state index in [1.54, 1.807) is 0 Å². The molecule has 0 unspecified atom stereocenters. The first-order valence-electron chi connectivity index (χ1n) is 7.13. The van der Waals surface area contributed by atoms with Gasteiger partial charge in [0.1, 0.15) is 0 Å². The number of allylic oxidation sites excluding steroid dienone is 1. The van der Waals surface area contributed by atoms with Crippen molar-refractivity contribution in [2.24, 2.45) is 0 Å². The molecule has 3 aromatic carbocycles. The summed E-state index contributed by atoms with van der Waals surface area (Å²) in [6.07, 6.45) is 3.10. The summed E-state index contributed by atoms with van der Waals surface area (Å²) in [6, 6.07) is 23.5. The van der Waals surface area contributed by atoms with Gasteiger partial charge in [-0.25, -0.2) is 0 Å². The van der Waals surface area contributed by atoms with E-state index >= 15 is 0 Å². The zero-order valence-electron chi connectivity index (χ0n) is 11.5. The second kappa shape index (κ2) is 4.94. The fraction of sp³-hybridized carbons (Fsp3) is 0.0500. The molecule has 0 bridgehead atoms. The summed E-state index contributed by atoms with van der Waals surface area (Å²) < 4.78 is 0. The molecule has 0 aliphatic heterocycles. The van der Waals surface area contributed by atoms with Crippen molar-refractivity contribution in [3.05, 3.63) is 83.4 Å². The Balaban J connectivity index is 1.91. The molecule has 0 amide bonds. The first-order chi connectivity index (χ1) is 10.3. The summed E-state index contributed by atoms with van der Waals surface area (Å²) in [4.78, 5) is 1.03. The van der Waals surface area contributed by atoms with Crippen LogP contribution in [0.25, 0.3) is 22.4 Å². The Labute approximate surface area is 129 Å². The molecule has 1 heteroatoms. The van der Waals surface area contributed by atoms with Crippen molar-refractivity contribution in [2.75, 3.05) is 0 Å². The minimum Gasteiger partial charge on any atom is -0.0839 e. The lowest BCUT2D eigenvalue weighted by molar-refractivity contribution is 1.34. The normalized spacial score (nSPS) is 13.9. The molecule has 0 radical (unpaired) electrons. The number of hydrogen-bond donors (Lipinski definition) is 0. The van der Waals surface area contributed by atoms with Crippen LogP contribution in [0, 0.1) is 0 Å². The van der Waals surface area contributed by atoms with Gasteiger partial charge >= 0.3 is 0 Å². The summed E-state index contributed by atoms with van der Waals surface area (Å²) in [5.41, 5.74) is 5.02. The van der Waals surface area contributed by atoms with Crippen LogP contribution in [-0.4, -0.2) is 4.86 Å². The van der Waals surface area contributed by atoms with Gasteiger partial charge in [0, 0.05) is 11.3 Å². The highest BCUT2D eigenvalue weighted by atomic mass is 32.1. The Bertz CT molecular complexity index is 873. The van der Waals surface area contributed by atoms with Gasteiger partial charge in [0.05, 0.1) is 0 Å². The number of fused-ring (bicyclic) bond motifs is 2. The molecule has 21 heavy (non-hydrogen) atoms. The minimum atomic E-state index is 0.857. The molecule has 0 heterocycles. The Kier molecular flexibility index (Phi) is 2.94. The summed E-state index contributed by atoms with van der Waals surface area (Å²) in [5, 5.41) is 2.57. The third-order valence-electron chi connectivity index (χ3n) is 4.04. The molecule has 0 fully saturated rings. The van der Waals surface area contributed by atoms with E-state index < -0.39 is 0 Å². The first-order valence-corrected chi connectivity index (χ1v) is 7.54. The number of benzene rings is 3. The Morgan fingerprint density at radius 1 is 0.762 bits per heavy atom. The molecular formula is C20H14S. The first kappa shape index (κ1) is 12.5. The fourth-order valence-electron chi connectivity index (χ4n) is 2.96. The van der Waals surface area contributed by atoms with Gasteiger partial charge in [-0.1, -0.05) is 72.9 Å². The standard InChI is InChI=1S/C20H14S/c21-20-13-18-11-16-9-5-4-8-15(16)10-17(18)12-19(20)14-6-2-1-3-7-14/h1-12H,13H2. The van der Waals surface area contributed by atoms with Crippen LogP contribution in [0.2, 0.25) is 0 Å². The quantitative estimate of drug-likeness (QED) is 0.546. The van der Waals surface area contributed by atoms with Crippen molar-refractivity contribution in [1.82, 2.24) is 0 Å². The van der Waals surface area contributed by atoms with Crippen LogP contribution >= 0.6 is 12.2 Å². The van der Waals surface area contributed by atoms with Crippen LogP contribution < -0.4 is 0 Å². The van der Waals surface area contributed by atoms with Gasteiger partial charge in [-0.15, -0.1) is 0 Å². The number of thiocarbonyl (C=S) groups is 1. The topological polar surface area (TPSA) is 0 Å². The van der Waals surface area contributed by atoms with Gasteiger partial charge < -0.3 is 0 Å². The van der Waals surface area contributed by atoms with Gasteiger partial charge in [-0.05, 0) is 45.2 Å². The van der Waals surface area contributed by atoms with Crippen molar-refractivity contribution in [1.29, 1.82) is 0 Å². The van der Waals surface area contributed by atoms with Crippen LogP contribution in [0.5, 0.6) is 0 Å². The summed E-state index contributed by atoms with van der Waals surface area (Å²) in [6.45, 7) is 0. The predicted octanol–water partition coefficient (Wildman–Crippen LogP) is 5.31. The molecule has 4 rings (SSSR count). The van der Waals surface area contributed by atoms with Crippen LogP contribution in [-0.2, 0) is 6.42 Å². The maximum absolute atomic E-state index is 5.64. The van der Waals surface area contributed by atoms with E-state index in [-0.39, 0.29) is 0 Å². The molecule has 1 aliphatic rings. The minimum absolute atomic E-state index is 0.857. The molecule has 3 aromatic rings. The molecular weight excluding hydrogens is 272 g/mol. The lowest BCUT2D eigenvalue weighted by Gasteiger charge is -2.19. The van der Waals surface area contributed by atoms with Crippen LogP contribution in [0.15, 0.2) is 66.7 Å². The fourth-order valence-corrected chi connectivity index (χ4v) is 3.29. The van der Waals surface area contributed by atoms with Gasteiger partial charge in [0.2, 0.25) is 0 Å². The van der Waals surface area contributed by atoms with Crippen molar-refractivity contribution < 1.29 is 0 Å². The summed E-state index contributed by atoms with van der Waals surface area (Å²) in [7, 11) is 0. The maximum atomic E-state index is 5.64. The second-order valence-electron chi connectivity index (χ2n) is 5.42. The highest BCUT2D eigenvalue weighted by Crippen LogP contribution is 2.31. The lowest BCUT2D eigenvalue weighted by atomic mass is 9.87. The molecule has 0 N–H and O–H groups in total. The van der Waals surface area contributed by atoms with E-state index in [1.165, 1.54) is 33.0 Å². The van der Waals surface area contributed by atoms with E-state index in [0.717, 1.165) is 11.3 Å². The highest BCUT2D eigenvalue weighted by molar-refractivity contribution is 7.81. The van der Waals surface area contributed by atoms with E-state index in [0.29, 0.717) is 0 Å². The van der Waals surface area contributed by atoms with Crippen LogP contribution in [0.3, 0.4) is 0 Å². The molecule has 0 atom stereocenters. The second-order valence-corrected chi connectivity index (χ2v) is 5.91. The Morgan fingerprint density at radius 2 is 1.43 bits per heavy atom. The molecule has 0 nitrogen and oxygen atoms in total. The van der Waals surface area contributed by atoms with E-state index in [2.05, 4.69) is 66.7 Å². The van der Waals surface area contributed by atoms with Crippen LogP contribution in [0.4, 0.5) is 0 Å². The molecule has 1 aliphatic carbocycles. The molecule has 0 spiro atoms. The van der Waals surface area contributed by atoms with Crippen LogP contribution in [0.1, 0.15) is 16.7 Å². The summed E-state index contributed by atoms with van der Waals surface area (Å²) in [5.74, 6) is 0. The lowest BCUT2D eigenvalue weighted by Crippen LogP contribution is -2.09. The zero-order valence-corrected chi connectivity index (χ0v) is 12.4. The smallest absolute Gasteiger partial charge is 0.0274 e. The maximum Gasteiger partial charge on any atom is 0.0274 e. The van der Waals surface area contributed by atoms with E-state index in [9.17, 15) is 0 Å². The van der Waals surface area contributed by atoms with Gasteiger partial charge in [0.25, 0.3) is 0 Å². The zero-order chi connectivity index (χ0) is 14.2. The Hall–Kier alpha value is -2.25. The average molecular weight is 286 g/mol. The summed E-state index contributed by atoms with van der Waals surface area (Å²) >= 11 is 5.64. The van der Waals surface area contributed by atoms with Crippen molar-refractivity contribution >= 4 is 39.5 Å². The number of rotatable bonds is 1. The Morgan fingerprint density at radius 3 is 2.19 bits per heavy atom. The van der Waals surface area contributed by atoms with E-state index in [4.69, 9.17) is 12.2 Å². The molecule has 100 valence electrons. The predicted molar refractivity (Wildman–Crippen MR) is 94.6 cm³/mol. The molecule has 0 aromatic heterocycles. The monoisotopic (exact) mass is 286 g/mol. The highest BCUT2D eigenvalue weighted by Gasteiger charge is 2.17. The van der Waals surface area contributed by atoms with E-state index in [1.807, 2.05) is 6.07 Å². The van der Waals surface area contributed by atoms with Gasteiger partial charge in [0.15, 0.2) is 0 Å². The van der Waals surface area contributed by atoms with Gasteiger partial charge in [-0.3, -0.25) is 0 Å². The molecule has 0 saturated heterocycles. The van der Waals surface area contributed by atoms with Gasteiger partial charge in [-0.2, -0.15) is 0 Å². The van der Waals surface area contributed by atoms with Crippen molar-refractivity contribution in [2.45, 2.75) is 6.42 Å². The average Bonchev–Trinajstić information content (AvgIpc) is 2.53. The largest absolute Gasteiger partial charge is 0.0839 e. The number of hydrogen-bond acceptors (Lipinski definition) is 1. The molecule has 0 saturated carbocycles. The van der Waals surface area contributed by atoms with Crippen molar-refractivity contribution in [3.63, 3.8) is 0 Å². The third kappa shape index (κ3) is 2.20. The third-order valence-corrected chi connectivity index (χ3v) is 4.41. The van der Waals surface area contributed by atoms with Crippen molar-refractivity contribution in [3.8, 4) is 0 Å².